The average Bonchev–Trinajstić information content (AvgIpc) is 3.19. The molecule has 0 saturated carbocycles. The number of benzene rings is 4. The molecule has 0 spiro atoms. The van der Waals surface area contributed by atoms with E-state index >= 15 is 0 Å². The number of aromatic nitrogens is 4. The van der Waals surface area contributed by atoms with Crippen molar-refractivity contribution in [1.82, 2.24) is 19.9 Å². The zero-order chi connectivity index (χ0) is 32.1. The van der Waals surface area contributed by atoms with Crippen molar-refractivity contribution in [1.29, 1.82) is 0 Å². The Bertz CT molecular complexity index is 2050. The highest BCUT2D eigenvalue weighted by Gasteiger charge is 2.14. The lowest BCUT2D eigenvalue weighted by Gasteiger charge is -2.15. The molecule has 8 rings (SSSR count). The first-order chi connectivity index (χ1) is 23.8. The summed E-state index contributed by atoms with van der Waals surface area (Å²) in [6.45, 7) is 0. The third-order valence-corrected chi connectivity index (χ3v) is 8.42. The second-order valence-electron chi connectivity index (χ2n) is 11.6. The average molecular weight is 615 g/mol. The van der Waals surface area contributed by atoms with Crippen LogP contribution in [-0.2, 0) is 0 Å². The highest BCUT2D eigenvalue weighted by atomic mass is 14.7. The Morgan fingerprint density at radius 1 is 0.208 bits per heavy atom. The van der Waals surface area contributed by atoms with Crippen LogP contribution in [0.5, 0.6) is 0 Å². The number of pyridine rings is 4. The number of rotatable bonds is 7. The maximum atomic E-state index is 4.69. The van der Waals surface area contributed by atoms with Crippen LogP contribution in [0.3, 0.4) is 0 Å². The van der Waals surface area contributed by atoms with E-state index in [0.717, 1.165) is 78.4 Å². The SMILES string of the molecule is c1ccc(-c2cc(-c3cc(-c4ccccn4)cc(-c4ccccn4)c3)cc(-c3cc(-c4ccccn4)cc(-c4ccccn4)c3)c2)cc1. The van der Waals surface area contributed by atoms with Crippen molar-refractivity contribution in [2.45, 2.75) is 0 Å². The van der Waals surface area contributed by atoms with Crippen LogP contribution < -0.4 is 0 Å². The van der Waals surface area contributed by atoms with E-state index in [4.69, 9.17) is 19.9 Å². The second-order valence-corrected chi connectivity index (χ2v) is 11.6. The molecule has 0 unspecified atom stereocenters. The maximum Gasteiger partial charge on any atom is 0.0702 e. The van der Waals surface area contributed by atoms with Gasteiger partial charge in [-0.3, -0.25) is 19.9 Å². The first-order valence-electron chi connectivity index (χ1n) is 15.9. The van der Waals surface area contributed by atoms with E-state index in [1.54, 1.807) is 0 Å². The highest BCUT2D eigenvalue weighted by molar-refractivity contribution is 5.87. The van der Waals surface area contributed by atoms with Crippen LogP contribution in [0, 0.1) is 0 Å². The van der Waals surface area contributed by atoms with E-state index in [9.17, 15) is 0 Å². The Kier molecular flexibility index (Phi) is 7.87. The fourth-order valence-electron chi connectivity index (χ4n) is 6.07. The molecular weight excluding hydrogens is 585 g/mol. The van der Waals surface area contributed by atoms with Gasteiger partial charge in [-0.25, -0.2) is 0 Å². The summed E-state index contributed by atoms with van der Waals surface area (Å²) in [5.74, 6) is 0. The molecule has 4 heteroatoms. The van der Waals surface area contributed by atoms with Gasteiger partial charge in [-0.1, -0.05) is 54.6 Å². The van der Waals surface area contributed by atoms with Gasteiger partial charge in [0.2, 0.25) is 0 Å². The van der Waals surface area contributed by atoms with Crippen LogP contribution in [0.1, 0.15) is 0 Å². The van der Waals surface area contributed by atoms with Crippen LogP contribution in [0.2, 0.25) is 0 Å². The third-order valence-electron chi connectivity index (χ3n) is 8.42. The largest absolute Gasteiger partial charge is 0.256 e. The van der Waals surface area contributed by atoms with Gasteiger partial charge in [0.1, 0.15) is 0 Å². The molecule has 0 atom stereocenters. The lowest BCUT2D eigenvalue weighted by molar-refractivity contribution is 1.31. The van der Waals surface area contributed by atoms with Gasteiger partial charge in [-0.2, -0.15) is 0 Å². The van der Waals surface area contributed by atoms with Gasteiger partial charge < -0.3 is 0 Å². The van der Waals surface area contributed by atoms with Crippen molar-refractivity contribution in [3.05, 3.63) is 183 Å². The molecule has 4 heterocycles. The lowest BCUT2D eigenvalue weighted by atomic mass is 9.89. The minimum Gasteiger partial charge on any atom is -0.256 e. The number of hydrogen-bond donors (Lipinski definition) is 0. The zero-order valence-electron chi connectivity index (χ0n) is 26.1. The predicted octanol–water partition coefficient (Wildman–Crippen LogP) is 10.9. The van der Waals surface area contributed by atoms with Crippen molar-refractivity contribution < 1.29 is 0 Å². The standard InChI is InChI=1S/C44H30N4/c1-2-12-31(13-3-1)32-22-33(35-25-37(41-14-4-8-18-45-41)29-38(26-35)42-15-5-9-19-46-42)24-34(23-32)36-27-39(43-16-6-10-20-47-43)30-40(28-36)44-17-7-11-21-48-44/h1-30H. The van der Waals surface area contributed by atoms with Crippen molar-refractivity contribution in [2.75, 3.05) is 0 Å². The van der Waals surface area contributed by atoms with Crippen LogP contribution in [0.25, 0.3) is 78.4 Å². The Hall–Kier alpha value is -6.52. The summed E-state index contributed by atoms with van der Waals surface area (Å²) in [6.07, 6.45) is 7.35. The molecule has 48 heavy (non-hydrogen) atoms. The molecule has 0 radical (unpaired) electrons. The van der Waals surface area contributed by atoms with E-state index in [1.807, 2.05) is 73.3 Å². The quantitative estimate of drug-likeness (QED) is 0.179. The fourth-order valence-corrected chi connectivity index (χ4v) is 6.07. The Balaban J connectivity index is 1.36. The van der Waals surface area contributed by atoms with Gasteiger partial charge in [0.15, 0.2) is 0 Å². The first kappa shape index (κ1) is 28.9. The van der Waals surface area contributed by atoms with Crippen LogP contribution in [0.15, 0.2) is 183 Å². The molecule has 0 aliphatic rings. The van der Waals surface area contributed by atoms with E-state index in [0.29, 0.717) is 0 Å². The van der Waals surface area contributed by atoms with Crippen molar-refractivity contribution >= 4 is 0 Å². The molecular formula is C44H30N4. The van der Waals surface area contributed by atoms with Crippen molar-refractivity contribution in [3.63, 3.8) is 0 Å². The van der Waals surface area contributed by atoms with Gasteiger partial charge in [0.05, 0.1) is 22.8 Å². The molecule has 0 saturated heterocycles. The van der Waals surface area contributed by atoms with Crippen molar-refractivity contribution in [3.8, 4) is 78.4 Å². The molecule has 0 fully saturated rings. The van der Waals surface area contributed by atoms with Crippen LogP contribution in [0.4, 0.5) is 0 Å². The molecule has 4 aromatic heterocycles. The number of nitrogens with zero attached hydrogens (tertiary/aromatic N) is 4. The van der Waals surface area contributed by atoms with E-state index in [1.165, 1.54) is 0 Å². The molecule has 0 amide bonds. The molecule has 0 N–H and O–H groups in total. The molecule has 4 aromatic carbocycles. The topological polar surface area (TPSA) is 51.6 Å². The van der Waals surface area contributed by atoms with E-state index < -0.39 is 0 Å². The summed E-state index contributed by atoms with van der Waals surface area (Å²) in [4.78, 5) is 18.8. The third kappa shape index (κ3) is 6.15. The Morgan fingerprint density at radius 3 is 0.750 bits per heavy atom. The summed E-state index contributed by atoms with van der Waals surface area (Å²) in [5.41, 5.74) is 14.5. The zero-order valence-corrected chi connectivity index (χ0v) is 26.1. The van der Waals surface area contributed by atoms with Gasteiger partial charge in [0.25, 0.3) is 0 Å². The summed E-state index contributed by atoms with van der Waals surface area (Å²) >= 11 is 0. The molecule has 4 nitrogen and oxygen atoms in total. The number of hydrogen-bond acceptors (Lipinski definition) is 4. The van der Waals surface area contributed by atoms with E-state index in [2.05, 4.69) is 109 Å². The summed E-state index contributed by atoms with van der Waals surface area (Å²) < 4.78 is 0. The Labute approximate surface area is 280 Å². The fraction of sp³-hybridized carbons (Fsp3) is 0. The van der Waals surface area contributed by atoms with Gasteiger partial charge in [0, 0.05) is 47.0 Å². The molecule has 0 bridgehead atoms. The summed E-state index contributed by atoms with van der Waals surface area (Å²) in [7, 11) is 0. The monoisotopic (exact) mass is 614 g/mol. The molecule has 0 aliphatic carbocycles. The maximum absolute atomic E-state index is 4.69. The van der Waals surface area contributed by atoms with Crippen molar-refractivity contribution in [2.24, 2.45) is 0 Å². The van der Waals surface area contributed by atoms with Gasteiger partial charge in [-0.15, -0.1) is 0 Å². The van der Waals surface area contributed by atoms with Gasteiger partial charge >= 0.3 is 0 Å². The first-order valence-corrected chi connectivity index (χ1v) is 15.9. The summed E-state index contributed by atoms with van der Waals surface area (Å²) in [6, 6.07) is 54.7. The molecule has 226 valence electrons. The minimum atomic E-state index is 0.916. The summed E-state index contributed by atoms with van der Waals surface area (Å²) in [5, 5.41) is 0. The van der Waals surface area contributed by atoms with E-state index in [-0.39, 0.29) is 0 Å². The molecule has 8 aromatic rings. The van der Waals surface area contributed by atoms with Gasteiger partial charge in [-0.05, 0) is 137 Å². The second kappa shape index (κ2) is 13.1. The highest BCUT2D eigenvalue weighted by Crippen LogP contribution is 2.38. The normalized spacial score (nSPS) is 10.9. The lowest BCUT2D eigenvalue weighted by Crippen LogP contribution is -1.92. The Morgan fingerprint density at radius 2 is 0.458 bits per heavy atom. The van der Waals surface area contributed by atoms with Crippen LogP contribution in [-0.4, -0.2) is 19.9 Å². The molecule has 0 aliphatic heterocycles. The predicted molar refractivity (Wildman–Crippen MR) is 196 cm³/mol. The smallest absolute Gasteiger partial charge is 0.0702 e. The minimum absolute atomic E-state index is 0.916. The van der Waals surface area contributed by atoms with Crippen LogP contribution >= 0.6 is 0 Å².